The number of rotatable bonds is 4. The molecular weight excluding hydrogens is 194 g/mol. The fourth-order valence-electron chi connectivity index (χ4n) is 2.26. The minimum absolute atomic E-state index is 0.0145. The highest BCUT2D eigenvalue weighted by molar-refractivity contribution is 5.98. The van der Waals surface area contributed by atoms with E-state index in [0.29, 0.717) is 12.0 Å². The van der Waals surface area contributed by atoms with E-state index in [1.807, 2.05) is 0 Å². The summed E-state index contributed by atoms with van der Waals surface area (Å²) in [4.78, 5) is 0. The van der Waals surface area contributed by atoms with Crippen LogP contribution in [0.4, 0.5) is 0 Å². The van der Waals surface area contributed by atoms with Crippen molar-refractivity contribution in [3.8, 4) is 0 Å². The van der Waals surface area contributed by atoms with Crippen molar-refractivity contribution >= 4 is 10.5 Å². The SMILES string of the molecule is CCC(C1COCCN1)C(C)(C)O[SiH3]. The van der Waals surface area contributed by atoms with Gasteiger partial charge >= 0.3 is 0 Å². The molecule has 84 valence electrons. The quantitative estimate of drug-likeness (QED) is 0.676. The highest BCUT2D eigenvalue weighted by Gasteiger charge is 2.34. The van der Waals surface area contributed by atoms with Gasteiger partial charge in [-0.15, -0.1) is 0 Å². The summed E-state index contributed by atoms with van der Waals surface area (Å²) in [6, 6.07) is 0.456. The molecule has 14 heavy (non-hydrogen) atoms. The molecule has 1 saturated heterocycles. The van der Waals surface area contributed by atoms with Crippen LogP contribution < -0.4 is 5.32 Å². The Morgan fingerprint density at radius 2 is 2.36 bits per heavy atom. The first-order valence-corrected chi connectivity index (χ1v) is 6.29. The fourth-order valence-corrected chi connectivity index (χ4v) is 2.56. The third-order valence-electron chi connectivity index (χ3n) is 3.29. The molecule has 4 heteroatoms. The molecule has 1 heterocycles. The fraction of sp³-hybridized carbons (Fsp3) is 1.00. The Labute approximate surface area is 90.1 Å². The van der Waals surface area contributed by atoms with Crippen molar-refractivity contribution in [1.29, 1.82) is 0 Å². The molecular formula is C10H23NO2Si. The van der Waals surface area contributed by atoms with Gasteiger partial charge in [-0.25, -0.2) is 0 Å². The summed E-state index contributed by atoms with van der Waals surface area (Å²) in [5, 5.41) is 3.52. The maximum absolute atomic E-state index is 5.69. The largest absolute Gasteiger partial charge is 0.423 e. The first-order valence-electron chi connectivity index (χ1n) is 5.48. The molecule has 0 aromatic heterocycles. The predicted octanol–water partition coefficient (Wildman–Crippen LogP) is 0.0766. The van der Waals surface area contributed by atoms with Crippen LogP contribution in [0.2, 0.25) is 0 Å². The summed E-state index contributed by atoms with van der Waals surface area (Å²) in [5.74, 6) is 0.542. The average Bonchev–Trinajstić information content (AvgIpc) is 2.20. The van der Waals surface area contributed by atoms with Crippen LogP contribution >= 0.6 is 0 Å². The minimum atomic E-state index is -0.0145. The second kappa shape index (κ2) is 5.26. The van der Waals surface area contributed by atoms with E-state index in [-0.39, 0.29) is 5.60 Å². The minimum Gasteiger partial charge on any atom is -0.423 e. The Kier molecular flexibility index (Phi) is 4.57. The maximum Gasteiger partial charge on any atom is 0.146 e. The molecule has 0 saturated carbocycles. The van der Waals surface area contributed by atoms with E-state index in [1.165, 1.54) is 0 Å². The lowest BCUT2D eigenvalue weighted by atomic mass is 9.82. The van der Waals surface area contributed by atoms with Gasteiger partial charge in [-0.2, -0.15) is 0 Å². The smallest absolute Gasteiger partial charge is 0.146 e. The van der Waals surface area contributed by atoms with Gasteiger partial charge in [0.2, 0.25) is 0 Å². The van der Waals surface area contributed by atoms with Crippen molar-refractivity contribution in [2.45, 2.75) is 38.8 Å². The second-order valence-corrected chi connectivity index (χ2v) is 4.87. The zero-order valence-electron chi connectivity index (χ0n) is 9.80. The second-order valence-electron chi connectivity index (χ2n) is 4.46. The molecule has 0 amide bonds. The van der Waals surface area contributed by atoms with Gasteiger partial charge in [0, 0.05) is 18.5 Å². The molecule has 2 unspecified atom stereocenters. The highest BCUT2D eigenvalue weighted by Crippen LogP contribution is 2.27. The van der Waals surface area contributed by atoms with Gasteiger partial charge in [-0.3, -0.25) is 0 Å². The summed E-state index contributed by atoms with van der Waals surface area (Å²) in [7, 11) is 0.802. The molecule has 1 rings (SSSR count). The Hall–Kier alpha value is 0.0969. The molecule has 2 atom stereocenters. The lowest BCUT2D eigenvalue weighted by Gasteiger charge is -2.40. The van der Waals surface area contributed by atoms with Crippen LogP contribution in [-0.2, 0) is 9.16 Å². The van der Waals surface area contributed by atoms with Crippen LogP contribution in [0.3, 0.4) is 0 Å². The van der Waals surface area contributed by atoms with Crippen molar-refractivity contribution in [3.05, 3.63) is 0 Å². The van der Waals surface area contributed by atoms with Crippen LogP contribution in [0.15, 0.2) is 0 Å². The molecule has 0 radical (unpaired) electrons. The van der Waals surface area contributed by atoms with E-state index in [9.17, 15) is 0 Å². The van der Waals surface area contributed by atoms with E-state index >= 15 is 0 Å². The summed E-state index contributed by atoms with van der Waals surface area (Å²) >= 11 is 0. The van der Waals surface area contributed by atoms with Crippen LogP contribution in [0.1, 0.15) is 27.2 Å². The summed E-state index contributed by atoms with van der Waals surface area (Å²) in [5.41, 5.74) is -0.0145. The number of hydrogen-bond donors (Lipinski definition) is 1. The van der Waals surface area contributed by atoms with Gasteiger partial charge < -0.3 is 14.5 Å². The topological polar surface area (TPSA) is 30.5 Å². The van der Waals surface area contributed by atoms with E-state index in [4.69, 9.17) is 9.16 Å². The van der Waals surface area contributed by atoms with Gasteiger partial charge in [0.25, 0.3) is 0 Å². The normalized spacial score (nSPS) is 26.4. The molecule has 1 aliphatic rings. The molecule has 1 aliphatic heterocycles. The van der Waals surface area contributed by atoms with Crippen LogP contribution in [0.25, 0.3) is 0 Å². The van der Waals surface area contributed by atoms with Gasteiger partial charge in [-0.05, 0) is 20.3 Å². The van der Waals surface area contributed by atoms with Gasteiger partial charge in [0.15, 0.2) is 0 Å². The van der Waals surface area contributed by atoms with E-state index in [1.54, 1.807) is 0 Å². The summed E-state index contributed by atoms with van der Waals surface area (Å²) < 4.78 is 11.2. The summed E-state index contributed by atoms with van der Waals surface area (Å²) in [6.45, 7) is 9.23. The molecule has 3 nitrogen and oxygen atoms in total. The summed E-state index contributed by atoms with van der Waals surface area (Å²) in [6.07, 6.45) is 1.14. The molecule has 0 aliphatic carbocycles. The number of morpholine rings is 1. The third-order valence-corrected chi connectivity index (χ3v) is 4.35. The first-order chi connectivity index (χ1) is 6.61. The van der Waals surface area contributed by atoms with Crippen molar-refractivity contribution in [3.63, 3.8) is 0 Å². The van der Waals surface area contributed by atoms with Crippen molar-refractivity contribution in [2.75, 3.05) is 19.8 Å². The third kappa shape index (κ3) is 2.79. The average molecular weight is 217 g/mol. The Morgan fingerprint density at radius 1 is 1.64 bits per heavy atom. The predicted molar refractivity (Wildman–Crippen MR) is 61.5 cm³/mol. The van der Waals surface area contributed by atoms with Crippen LogP contribution in [0.5, 0.6) is 0 Å². The first kappa shape index (κ1) is 12.2. The Balaban J connectivity index is 2.59. The van der Waals surface area contributed by atoms with E-state index in [0.717, 1.165) is 36.7 Å². The Bertz CT molecular complexity index is 170. The zero-order valence-corrected chi connectivity index (χ0v) is 11.8. The van der Waals surface area contributed by atoms with Crippen molar-refractivity contribution in [1.82, 2.24) is 5.32 Å². The van der Waals surface area contributed by atoms with E-state index < -0.39 is 0 Å². The number of hydrogen-bond acceptors (Lipinski definition) is 3. The van der Waals surface area contributed by atoms with E-state index in [2.05, 4.69) is 26.1 Å². The van der Waals surface area contributed by atoms with Gasteiger partial charge in [-0.1, -0.05) is 6.92 Å². The van der Waals surface area contributed by atoms with Crippen LogP contribution in [-0.4, -0.2) is 41.9 Å². The van der Waals surface area contributed by atoms with Crippen molar-refractivity contribution < 1.29 is 9.16 Å². The lowest BCUT2D eigenvalue weighted by Crippen LogP contribution is -2.53. The monoisotopic (exact) mass is 217 g/mol. The van der Waals surface area contributed by atoms with Gasteiger partial charge in [0.05, 0.1) is 18.8 Å². The Morgan fingerprint density at radius 3 is 2.79 bits per heavy atom. The van der Waals surface area contributed by atoms with Crippen molar-refractivity contribution in [2.24, 2.45) is 5.92 Å². The zero-order chi connectivity index (χ0) is 10.6. The molecule has 0 spiro atoms. The highest BCUT2D eigenvalue weighted by atomic mass is 28.2. The van der Waals surface area contributed by atoms with Crippen LogP contribution in [0, 0.1) is 5.92 Å². The molecule has 1 N–H and O–H groups in total. The number of nitrogens with one attached hydrogen (secondary N) is 1. The lowest BCUT2D eigenvalue weighted by molar-refractivity contribution is -0.0159. The molecule has 0 aromatic carbocycles. The van der Waals surface area contributed by atoms with Gasteiger partial charge in [0.1, 0.15) is 10.5 Å². The molecule has 0 bridgehead atoms. The molecule has 0 aromatic rings. The maximum atomic E-state index is 5.69. The standard InChI is InChI=1S/C10H23NO2Si/c1-4-8(10(2,3)13-14)9-7-12-6-5-11-9/h8-9,11H,4-7H2,1-3,14H3. The number of ether oxygens (including phenoxy) is 1. The molecule has 1 fully saturated rings.